The summed E-state index contributed by atoms with van der Waals surface area (Å²) in [4.78, 5) is 24.0. The molecular weight excluding hydrogens is 356 g/mol. The SMILES string of the molecule is CCCOc1ccc(C=C2CCc3c2oc2ccc(C(=O)O)cc2c3=O)cc1. The number of benzene rings is 2. The Hall–Kier alpha value is -3.34. The van der Waals surface area contributed by atoms with Crippen LogP contribution in [0, 0.1) is 0 Å². The van der Waals surface area contributed by atoms with Crippen molar-refractivity contribution in [2.75, 3.05) is 6.61 Å². The molecule has 0 atom stereocenters. The molecule has 5 nitrogen and oxygen atoms in total. The second-order valence-electron chi connectivity index (χ2n) is 6.84. The predicted octanol–water partition coefficient (Wildman–Crippen LogP) is 4.77. The lowest BCUT2D eigenvalue weighted by Crippen LogP contribution is -2.09. The number of hydrogen-bond donors (Lipinski definition) is 1. The first-order chi connectivity index (χ1) is 13.6. The summed E-state index contributed by atoms with van der Waals surface area (Å²) in [6.07, 6.45) is 4.29. The van der Waals surface area contributed by atoms with E-state index in [2.05, 4.69) is 6.92 Å². The van der Waals surface area contributed by atoms with Crippen molar-refractivity contribution in [1.82, 2.24) is 0 Å². The highest BCUT2D eigenvalue weighted by Gasteiger charge is 2.24. The van der Waals surface area contributed by atoms with Crippen LogP contribution in [0.4, 0.5) is 0 Å². The van der Waals surface area contributed by atoms with Gasteiger partial charge in [-0.3, -0.25) is 4.79 Å². The molecule has 1 aliphatic carbocycles. The van der Waals surface area contributed by atoms with Crippen molar-refractivity contribution < 1.29 is 19.1 Å². The molecule has 142 valence electrons. The third kappa shape index (κ3) is 3.31. The average Bonchev–Trinajstić information content (AvgIpc) is 3.10. The fourth-order valence-corrected chi connectivity index (χ4v) is 3.45. The number of carbonyl (C=O) groups is 1. The molecule has 0 amide bonds. The minimum atomic E-state index is -1.06. The number of rotatable bonds is 5. The molecule has 0 aliphatic heterocycles. The molecular formula is C23H20O5. The average molecular weight is 376 g/mol. The first-order valence-corrected chi connectivity index (χ1v) is 9.33. The van der Waals surface area contributed by atoms with Crippen LogP contribution in [0.2, 0.25) is 0 Å². The highest BCUT2D eigenvalue weighted by molar-refractivity contribution is 5.94. The van der Waals surface area contributed by atoms with Gasteiger partial charge in [-0.2, -0.15) is 0 Å². The van der Waals surface area contributed by atoms with Gasteiger partial charge in [0.2, 0.25) is 0 Å². The fourth-order valence-electron chi connectivity index (χ4n) is 3.45. The molecule has 0 radical (unpaired) electrons. The van der Waals surface area contributed by atoms with Gasteiger partial charge in [0.25, 0.3) is 0 Å². The third-order valence-electron chi connectivity index (χ3n) is 4.86. The normalized spacial score (nSPS) is 14.4. The number of fused-ring (bicyclic) bond motifs is 2. The van der Waals surface area contributed by atoms with Crippen molar-refractivity contribution in [2.45, 2.75) is 26.2 Å². The Morgan fingerprint density at radius 1 is 1.18 bits per heavy atom. The standard InChI is InChI=1S/C23H20O5/c1-2-11-27-17-7-3-14(4-8-17)12-15-5-9-18-21(24)19-13-16(23(25)26)6-10-20(19)28-22(15)18/h3-4,6-8,10,12-13H,2,5,9,11H2,1H3,(H,25,26). The van der Waals surface area contributed by atoms with Crippen LogP contribution in [0.3, 0.4) is 0 Å². The van der Waals surface area contributed by atoms with Crippen LogP contribution in [0.25, 0.3) is 22.6 Å². The Bertz CT molecular complexity index is 1140. The van der Waals surface area contributed by atoms with Crippen LogP contribution in [0.5, 0.6) is 5.75 Å². The van der Waals surface area contributed by atoms with Crippen molar-refractivity contribution >= 4 is 28.6 Å². The van der Waals surface area contributed by atoms with E-state index in [0.29, 0.717) is 41.7 Å². The summed E-state index contributed by atoms with van der Waals surface area (Å²) in [5.41, 5.74) is 2.94. The van der Waals surface area contributed by atoms with E-state index in [-0.39, 0.29) is 11.0 Å². The van der Waals surface area contributed by atoms with Gasteiger partial charge in [-0.25, -0.2) is 4.79 Å². The van der Waals surface area contributed by atoms with Gasteiger partial charge in [0.05, 0.1) is 17.6 Å². The molecule has 1 aromatic heterocycles. The molecule has 0 saturated heterocycles. The Labute approximate surface area is 161 Å². The second-order valence-corrected chi connectivity index (χ2v) is 6.84. The number of aromatic carboxylic acids is 1. The van der Waals surface area contributed by atoms with E-state index in [1.165, 1.54) is 12.1 Å². The Balaban J connectivity index is 1.71. The first kappa shape index (κ1) is 18.0. The zero-order valence-electron chi connectivity index (χ0n) is 15.5. The smallest absolute Gasteiger partial charge is 0.335 e. The summed E-state index contributed by atoms with van der Waals surface area (Å²) < 4.78 is 11.6. The summed E-state index contributed by atoms with van der Waals surface area (Å²) in [5, 5.41) is 9.47. The number of allylic oxidation sites excluding steroid dienone is 1. The van der Waals surface area contributed by atoms with E-state index in [0.717, 1.165) is 23.3 Å². The van der Waals surface area contributed by atoms with Gasteiger partial charge in [-0.1, -0.05) is 19.1 Å². The molecule has 3 aromatic rings. The van der Waals surface area contributed by atoms with E-state index in [4.69, 9.17) is 14.3 Å². The molecule has 0 bridgehead atoms. The summed E-state index contributed by atoms with van der Waals surface area (Å²) >= 11 is 0. The van der Waals surface area contributed by atoms with E-state index in [1.54, 1.807) is 6.07 Å². The molecule has 5 heteroatoms. The molecule has 28 heavy (non-hydrogen) atoms. The Morgan fingerprint density at radius 3 is 2.68 bits per heavy atom. The maximum absolute atomic E-state index is 12.8. The van der Waals surface area contributed by atoms with Crippen LogP contribution in [-0.2, 0) is 6.42 Å². The van der Waals surface area contributed by atoms with Crippen molar-refractivity contribution in [3.8, 4) is 5.75 Å². The molecule has 2 aromatic carbocycles. The quantitative estimate of drug-likeness (QED) is 0.694. The lowest BCUT2D eigenvalue weighted by atomic mass is 10.1. The number of hydrogen-bond acceptors (Lipinski definition) is 4. The van der Waals surface area contributed by atoms with Gasteiger partial charge in [0.1, 0.15) is 17.1 Å². The lowest BCUT2D eigenvalue weighted by Gasteiger charge is -2.06. The van der Waals surface area contributed by atoms with Gasteiger partial charge in [-0.15, -0.1) is 0 Å². The molecule has 0 unspecified atom stereocenters. The topological polar surface area (TPSA) is 76.7 Å². The van der Waals surface area contributed by atoms with E-state index in [9.17, 15) is 9.59 Å². The highest BCUT2D eigenvalue weighted by atomic mass is 16.5. The Morgan fingerprint density at radius 2 is 1.96 bits per heavy atom. The van der Waals surface area contributed by atoms with Crippen LogP contribution < -0.4 is 10.2 Å². The van der Waals surface area contributed by atoms with Crippen LogP contribution in [0.15, 0.2) is 51.7 Å². The minimum absolute atomic E-state index is 0.0823. The van der Waals surface area contributed by atoms with Gasteiger partial charge in [0.15, 0.2) is 5.43 Å². The van der Waals surface area contributed by atoms with E-state index in [1.807, 2.05) is 30.3 Å². The Kier molecular flexibility index (Phi) is 4.74. The maximum Gasteiger partial charge on any atom is 0.335 e. The van der Waals surface area contributed by atoms with Crippen molar-refractivity contribution in [3.63, 3.8) is 0 Å². The maximum atomic E-state index is 12.8. The molecule has 4 rings (SSSR count). The van der Waals surface area contributed by atoms with Gasteiger partial charge in [0, 0.05) is 5.56 Å². The van der Waals surface area contributed by atoms with Gasteiger partial charge < -0.3 is 14.3 Å². The molecule has 0 spiro atoms. The zero-order chi connectivity index (χ0) is 19.7. The molecule has 0 fully saturated rings. The van der Waals surface area contributed by atoms with E-state index >= 15 is 0 Å². The summed E-state index contributed by atoms with van der Waals surface area (Å²) in [5.74, 6) is 0.378. The largest absolute Gasteiger partial charge is 0.494 e. The zero-order valence-corrected chi connectivity index (χ0v) is 15.5. The number of carboxylic acid groups (broad SMARTS) is 1. The van der Waals surface area contributed by atoms with Crippen molar-refractivity contribution in [2.24, 2.45) is 0 Å². The van der Waals surface area contributed by atoms with Crippen molar-refractivity contribution in [3.05, 3.63) is 75.1 Å². The van der Waals surface area contributed by atoms with Crippen LogP contribution >= 0.6 is 0 Å². The first-order valence-electron chi connectivity index (χ1n) is 9.33. The lowest BCUT2D eigenvalue weighted by molar-refractivity contribution is 0.0697. The monoisotopic (exact) mass is 376 g/mol. The van der Waals surface area contributed by atoms with E-state index < -0.39 is 5.97 Å². The second kappa shape index (κ2) is 7.35. The molecule has 0 saturated carbocycles. The van der Waals surface area contributed by atoms with Crippen molar-refractivity contribution in [1.29, 1.82) is 0 Å². The predicted molar refractivity (Wildman–Crippen MR) is 108 cm³/mol. The van der Waals surface area contributed by atoms with Crippen LogP contribution in [-0.4, -0.2) is 17.7 Å². The van der Waals surface area contributed by atoms with Gasteiger partial charge >= 0.3 is 5.97 Å². The summed E-state index contributed by atoms with van der Waals surface area (Å²) in [7, 11) is 0. The van der Waals surface area contributed by atoms with Crippen LogP contribution in [0.1, 0.15) is 47.0 Å². The highest BCUT2D eigenvalue weighted by Crippen LogP contribution is 2.34. The summed E-state index contributed by atoms with van der Waals surface area (Å²) in [6.45, 7) is 2.76. The molecule has 1 N–H and O–H groups in total. The number of ether oxygens (including phenoxy) is 1. The third-order valence-corrected chi connectivity index (χ3v) is 4.86. The molecule has 1 aliphatic rings. The summed E-state index contributed by atoms with van der Waals surface area (Å²) in [6, 6.07) is 12.2. The van der Waals surface area contributed by atoms with Gasteiger partial charge in [-0.05, 0) is 66.8 Å². The fraction of sp³-hybridized carbons (Fsp3) is 0.217. The number of carboxylic acids is 1. The minimum Gasteiger partial charge on any atom is -0.494 e. The molecule has 1 heterocycles.